The molecule has 0 radical (unpaired) electrons. The van der Waals surface area contributed by atoms with Gasteiger partial charge >= 0.3 is 0 Å². The molecule has 1 aromatic carbocycles. The molecule has 2 aromatic rings. The molecule has 0 bridgehead atoms. The van der Waals surface area contributed by atoms with Gasteiger partial charge in [-0.2, -0.15) is 0 Å². The Kier molecular flexibility index (Phi) is 5.00. The van der Waals surface area contributed by atoms with Crippen molar-refractivity contribution in [3.05, 3.63) is 65.0 Å². The number of ether oxygens (including phenoxy) is 1. The zero-order valence-electron chi connectivity index (χ0n) is 13.8. The Bertz CT molecular complexity index is 823. The van der Waals surface area contributed by atoms with Crippen LogP contribution < -0.4 is 10.1 Å². The third-order valence-corrected chi connectivity index (χ3v) is 4.57. The highest BCUT2D eigenvalue weighted by Crippen LogP contribution is 2.33. The van der Waals surface area contributed by atoms with Crippen LogP contribution in [0.25, 0.3) is 5.57 Å². The summed E-state index contributed by atoms with van der Waals surface area (Å²) in [4.78, 5) is 27.3. The van der Waals surface area contributed by atoms with Crippen LogP contribution in [0, 0.1) is 0 Å². The van der Waals surface area contributed by atoms with Gasteiger partial charge in [0.1, 0.15) is 11.4 Å². The largest absolute Gasteiger partial charge is 0.494 e. The van der Waals surface area contributed by atoms with Gasteiger partial charge in [0, 0.05) is 17.1 Å². The van der Waals surface area contributed by atoms with Gasteiger partial charge in [-0.05, 0) is 42.6 Å². The highest BCUT2D eigenvalue weighted by Gasteiger charge is 2.38. The van der Waals surface area contributed by atoms with Crippen molar-refractivity contribution in [2.24, 2.45) is 0 Å². The number of hydrogen-bond donors (Lipinski definition) is 1. The second-order valence-corrected chi connectivity index (χ2v) is 6.27. The molecule has 1 aliphatic heterocycles. The minimum Gasteiger partial charge on any atom is -0.494 e. The molecule has 6 heteroatoms. The van der Waals surface area contributed by atoms with Crippen molar-refractivity contribution in [3.63, 3.8) is 0 Å². The van der Waals surface area contributed by atoms with Crippen molar-refractivity contribution in [3.8, 4) is 5.75 Å². The van der Waals surface area contributed by atoms with Crippen LogP contribution in [-0.2, 0) is 9.59 Å². The van der Waals surface area contributed by atoms with E-state index in [0.717, 1.165) is 10.6 Å². The van der Waals surface area contributed by atoms with E-state index in [-0.39, 0.29) is 18.4 Å². The van der Waals surface area contributed by atoms with Gasteiger partial charge in [-0.15, -0.1) is 17.9 Å². The van der Waals surface area contributed by atoms with Crippen LogP contribution in [0.1, 0.15) is 11.8 Å². The molecule has 0 saturated carbocycles. The van der Waals surface area contributed by atoms with Crippen LogP contribution in [0.4, 0.5) is 5.69 Å². The number of imide groups is 1. The van der Waals surface area contributed by atoms with Gasteiger partial charge in [-0.25, -0.2) is 0 Å². The number of thiophene rings is 1. The monoisotopic (exact) mass is 354 g/mol. The molecule has 0 unspecified atom stereocenters. The average Bonchev–Trinajstić information content (AvgIpc) is 3.20. The summed E-state index contributed by atoms with van der Waals surface area (Å²) in [7, 11) is 0. The SMILES string of the molecule is C=CCN1C(=O)C(Nc2ccc(OCC)cc2)=C(c2cccs2)C1=O. The van der Waals surface area contributed by atoms with Crippen molar-refractivity contribution in [1.82, 2.24) is 4.90 Å². The first-order chi connectivity index (χ1) is 12.2. The molecule has 1 aliphatic rings. The first-order valence-electron chi connectivity index (χ1n) is 7.90. The minimum absolute atomic E-state index is 0.182. The fourth-order valence-corrected chi connectivity index (χ4v) is 3.35. The van der Waals surface area contributed by atoms with Gasteiger partial charge in [0.15, 0.2) is 0 Å². The first kappa shape index (κ1) is 17.0. The molecule has 2 heterocycles. The quantitative estimate of drug-likeness (QED) is 0.610. The molecule has 3 rings (SSSR count). The molecule has 2 amide bonds. The smallest absolute Gasteiger partial charge is 0.278 e. The van der Waals surface area contributed by atoms with Crippen molar-refractivity contribution >= 4 is 34.4 Å². The van der Waals surface area contributed by atoms with E-state index in [1.807, 2.05) is 48.7 Å². The van der Waals surface area contributed by atoms with E-state index in [2.05, 4.69) is 11.9 Å². The van der Waals surface area contributed by atoms with E-state index >= 15 is 0 Å². The van der Waals surface area contributed by atoms with Crippen LogP contribution in [0.15, 0.2) is 60.1 Å². The lowest BCUT2D eigenvalue weighted by atomic mass is 10.2. The van der Waals surface area contributed by atoms with Crippen molar-refractivity contribution in [2.75, 3.05) is 18.5 Å². The van der Waals surface area contributed by atoms with Crippen LogP contribution in [-0.4, -0.2) is 29.9 Å². The third-order valence-electron chi connectivity index (χ3n) is 3.68. The molecule has 1 N–H and O–H groups in total. The maximum atomic E-state index is 12.7. The topological polar surface area (TPSA) is 58.6 Å². The lowest BCUT2D eigenvalue weighted by Gasteiger charge is -2.12. The summed E-state index contributed by atoms with van der Waals surface area (Å²) in [6.45, 7) is 6.31. The lowest BCUT2D eigenvalue weighted by molar-refractivity contribution is -0.136. The van der Waals surface area contributed by atoms with Gasteiger partial charge in [0.05, 0.1) is 12.2 Å². The summed E-state index contributed by atoms with van der Waals surface area (Å²) in [5.41, 5.74) is 1.41. The number of hydrogen-bond acceptors (Lipinski definition) is 5. The molecular weight excluding hydrogens is 336 g/mol. The summed E-state index contributed by atoms with van der Waals surface area (Å²) in [5.74, 6) is 0.102. The van der Waals surface area contributed by atoms with Gasteiger partial charge in [0.25, 0.3) is 11.8 Å². The van der Waals surface area contributed by atoms with E-state index in [4.69, 9.17) is 4.74 Å². The van der Waals surface area contributed by atoms with Gasteiger partial charge < -0.3 is 10.1 Å². The zero-order chi connectivity index (χ0) is 17.8. The van der Waals surface area contributed by atoms with E-state index in [0.29, 0.717) is 23.6 Å². The number of nitrogens with zero attached hydrogens (tertiary/aromatic N) is 1. The molecule has 25 heavy (non-hydrogen) atoms. The van der Waals surface area contributed by atoms with Crippen molar-refractivity contribution < 1.29 is 14.3 Å². The van der Waals surface area contributed by atoms with Crippen LogP contribution in [0.3, 0.4) is 0 Å². The molecular formula is C19H18N2O3S. The number of carbonyl (C=O) groups is 2. The van der Waals surface area contributed by atoms with Gasteiger partial charge in [-0.1, -0.05) is 12.1 Å². The summed E-state index contributed by atoms with van der Waals surface area (Å²) in [6.07, 6.45) is 1.54. The first-order valence-corrected chi connectivity index (χ1v) is 8.78. The number of carbonyl (C=O) groups excluding carboxylic acids is 2. The van der Waals surface area contributed by atoms with Gasteiger partial charge in [0.2, 0.25) is 0 Å². The van der Waals surface area contributed by atoms with Crippen molar-refractivity contribution in [2.45, 2.75) is 6.92 Å². The van der Waals surface area contributed by atoms with Crippen molar-refractivity contribution in [1.29, 1.82) is 0 Å². The standard InChI is InChI=1S/C19H18N2O3S/c1-3-11-21-18(22)16(15-6-5-12-25-15)17(19(21)23)20-13-7-9-14(10-8-13)24-4-2/h3,5-10,12,20H,1,4,11H2,2H3. The number of rotatable bonds is 7. The van der Waals surface area contributed by atoms with E-state index in [1.165, 1.54) is 16.2 Å². The fraction of sp³-hybridized carbons (Fsp3) is 0.158. The summed E-state index contributed by atoms with van der Waals surface area (Å²) < 4.78 is 5.42. The second-order valence-electron chi connectivity index (χ2n) is 5.32. The summed E-state index contributed by atoms with van der Waals surface area (Å²) >= 11 is 1.43. The minimum atomic E-state index is -0.345. The highest BCUT2D eigenvalue weighted by atomic mass is 32.1. The molecule has 0 saturated heterocycles. The zero-order valence-corrected chi connectivity index (χ0v) is 14.6. The molecule has 0 atom stereocenters. The maximum absolute atomic E-state index is 12.7. The predicted molar refractivity (Wildman–Crippen MR) is 99.4 cm³/mol. The normalized spacial score (nSPS) is 14.2. The molecule has 0 fully saturated rings. The van der Waals surface area contributed by atoms with Crippen LogP contribution in [0.2, 0.25) is 0 Å². The fourth-order valence-electron chi connectivity index (χ4n) is 2.58. The molecule has 0 spiro atoms. The Morgan fingerprint density at radius 1 is 1.20 bits per heavy atom. The van der Waals surface area contributed by atoms with E-state index in [1.54, 1.807) is 6.08 Å². The predicted octanol–water partition coefficient (Wildman–Crippen LogP) is 3.52. The van der Waals surface area contributed by atoms with Gasteiger partial charge in [-0.3, -0.25) is 14.5 Å². The summed E-state index contributed by atoms with van der Waals surface area (Å²) in [5, 5.41) is 4.98. The number of amides is 2. The molecule has 1 aromatic heterocycles. The Balaban J connectivity index is 1.95. The highest BCUT2D eigenvalue weighted by molar-refractivity contribution is 7.11. The summed E-state index contributed by atoms with van der Waals surface area (Å²) in [6, 6.07) is 11.0. The Hall–Kier alpha value is -2.86. The second kappa shape index (κ2) is 7.36. The van der Waals surface area contributed by atoms with E-state index < -0.39 is 0 Å². The molecule has 0 aliphatic carbocycles. The Morgan fingerprint density at radius 2 is 1.96 bits per heavy atom. The Labute approximate surface area is 150 Å². The average molecular weight is 354 g/mol. The van der Waals surface area contributed by atoms with E-state index in [9.17, 15) is 9.59 Å². The molecule has 5 nitrogen and oxygen atoms in total. The molecule has 128 valence electrons. The number of benzene rings is 1. The number of anilines is 1. The number of nitrogens with one attached hydrogen (secondary N) is 1. The van der Waals surface area contributed by atoms with Crippen LogP contribution >= 0.6 is 11.3 Å². The lowest BCUT2D eigenvalue weighted by Crippen LogP contribution is -2.32. The third kappa shape index (κ3) is 3.34. The maximum Gasteiger partial charge on any atom is 0.278 e. The van der Waals surface area contributed by atoms with Crippen LogP contribution in [0.5, 0.6) is 5.75 Å². The Morgan fingerprint density at radius 3 is 2.56 bits per heavy atom.